The van der Waals surface area contributed by atoms with Crippen molar-refractivity contribution in [3.8, 4) is 5.75 Å². The molecule has 1 aromatic heterocycles. The quantitative estimate of drug-likeness (QED) is 0.376. The highest BCUT2D eigenvalue weighted by Gasteiger charge is 2.11. The lowest BCUT2D eigenvalue weighted by atomic mass is 10.2. The normalized spacial score (nSPS) is 10.5. The van der Waals surface area contributed by atoms with Gasteiger partial charge in [-0.05, 0) is 42.0 Å². The molecule has 0 fully saturated rings. The van der Waals surface area contributed by atoms with E-state index in [4.69, 9.17) is 21.2 Å². The number of hydrogen-bond acceptors (Lipinski definition) is 5. The van der Waals surface area contributed by atoms with Gasteiger partial charge in [0.2, 0.25) is 0 Å². The van der Waals surface area contributed by atoms with Crippen molar-refractivity contribution in [2.75, 3.05) is 7.11 Å². The molecule has 1 heterocycles. The average molecular weight is 291 g/mol. The summed E-state index contributed by atoms with van der Waals surface area (Å²) >= 11 is 5.77. The van der Waals surface area contributed by atoms with Gasteiger partial charge >= 0.3 is 5.97 Å². The molecule has 0 aliphatic rings. The molecule has 0 bridgehead atoms. The molecule has 1 aromatic carbocycles. The van der Waals surface area contributed by atoms with Crippen LogP contribution in [0, 0.1) is 0 Å². The minimum atomic E-state index is -0.659. The number of benzene rings is 1. The second kappa shape index (κ2) is 6.68. The molecule has 0 radical (unpaired) electrons. The zero-order chi connectivity index (χ0) is 14.4. The average Bonchev–Trinajstić information content (AvgIpc) is 2.48. The molecular formula is C14H11ClN2O3. The van der Waals surface area contributed by atoms with Crippen LogP contribution in [0.1, 0.15) is 15.9 Å². The maximum atomic E-state index is 11.7. The fraction of sp³-hybridized carbons (Fsp3) is 0.0714. The Bertz CT molecular complexity index is 627. The molecule has 0 aliphatic carbocycles. The van der Waals surface area contributed by atoms with Crippen LogP contribution in [-0.2, 0) is 4.84 Å². The number of nitrogens with zero attached hydrogens (tertiary/aromatic N) is 2. The first kappa shape index (κ1) is 14.0. The van der Waals surface area contributed by atoms with Gasteiger partial charge in [0.25, 0.3) is 0 Å². The highest BCUT2D eigenvalue weighted by molar-refractivity contribution is 6.32. The van der Waals surface area contributed by atoms with Gasteiger partial charge in [-0.3, -0.25) is 0 Å². The summed E-state index contributed by atoms with van der Waals surface area (Å²) in [4.78, 5) is 20.2. The van der Waals surface area contributed by atoms with Crippen molar-refractivity contribution in [1.82, 2.24) is 4.98 Å². The topological polar surface area (TPSA) is 60.8 Å². The number of carbonyl (C=O) groups is 1. The number of rotatable bonds is 4. The molecule has 0 amide bonds. The summed E-state index contributed by atoms with van der Waals surface area (Å²) < 4.78 is 5.03. The van der Waals surface area contributed by atoms with Crippen LogP contribution in [0.5, 0.6) is 5.75 Å². The number of methoxy groups -OCH3 is 1. The zero-order valence-electron chi connectivity index (χ0n) is 10.6. The van der Waals surface area contributed by atoms with Crippen LogP contribution in [0.4, 0.5) is 0 Å². The Balaban J connectivity index is 1.99. The molecule has 20 heavy (non-hydrogen) atoms. The summed E-state index contributed by atoms with van der Waals surface area (Å²) in [6.45, 7) is 0. The predicted molar refractivity (Wildman–Crippen MR) is 75.3 cm³/mol. The maximum absolute atomic E-state index is 11.7. The molecular weight excluding hydrogens is 280 g/mol. The Hall–Kier alpha value is -2.40. The number of ether oxygens (including phenoxy) is 1. The van der Waals surface area contributed by atoms with Gasteiger partial charge in [-0.2, -0.15) is 0 Å². The highest BCUT2D eigenvalue weighted by atomic mass is 35.5. The fourth-order valence-electron chi connectivity index (χ4n) is 1.41. The molecule has 0 atom stereocenters. The van der Waals surface area contributed by atoms with E-state index < -0.39 is 5.97 Å². The summed E-state index contributed by atoms with van der Waals surface area (Å²) in [5.74, 6) is 0.0779. The van der Waals surface area contributed by atoms with Crippen molar-refractivity contribution in [1.29, 1.82) is 0 Å². The Labute approximate surface area is 120 Å². The van der Waals surface area contributed by atoms with Gasteiger partial charge in [-0.25, -0.2) is 9.78 Å². The van der Waals surface area contributed by atoms with Crippen LogP contribution < -0.4 is 4.74 Å². The standard InChI is InChI=1S/C14H11ClN2O3/c1-19-11-6-4-10(5-7-11)9-17-20-14(18)12-3-2-8-16-13(12)15/h2-9H,1H3/b17-9+. The van der Waals surface area contributed by atoms with E-state index in [-0.39, 0.29) is 10.7 Å². The van der Waals surface area contributed by atoms with Gasteiger partial charge in [0.1, 0.15) is 10.9 Å². The van der Waals surface area contributed by atoms with E-state index in [1.54, 1.807) is 37.4 Å². The molecule has 6 heteroatoms. The fourth-order valence-corrected chi connectivity index (χ4v) is 1.61. The van der Waals surface area contributed by atoms with E-state index in [0.29, 0.717) is 0 Å². The van der Waals surface area contributed by atoms with E-state index in [2.05, 4.69) is 10.1 Å². The van der Waals surface area contributed by atoms with E-state index in [9.17, 15) is 4.79 Å². The lowest BCUT2D eigenvalue weighted by Crippen LogP contribution is -2.02. The minimum absolute atomic E-state index is 0.0807. The Morgan fingerprint density at radius 1 is 1.30 bits per heavy atom. The van der Waals surface area contributed by atoms with Crippen molar-refractivity contribution in [3.63, 3.8) is 0 Å². The third kappa shape index (κ3) is 3.55. The van der Waals surface area contributed by atoms with Gasteiger partial charge < -0.3 is 9.57 Å². The molecule has 0 spiro atoms. The molecule has 5 nitrogen and oxygen atoms in total. The molecule has 2 aromatic rings. The SMILES string of the molecule is COc1ccc(/C=N/OC(=O)c2cccnc2Cl)cc1. The predicted octanol–water partition coefficient (Wildman–Crippen LogP) is 2.93. The van der Waals surface area contributed by atoms with Crippen molar-refractivity contribution in [2.45, 2.75) is 0 Å². The first-order valence-corrected chi connectivity index (χ1v) is 6.08. The molecule has 0 saturated carbocycles. The Kier molecular flexibility index (Phi) is 4.68. The number of oxime groups is 1. The van der Waals surface area contributed by atoms with Crippen molar-refractivity contribution < 1.29 is 14.4 Å². The van der Waals surface area contributed by atoms with Crippen LogP contribution in [0.2, 0.25) is 5.15 Å². The summed E-state index contributed by atoms with van der Waals surface area (Å²) in [6, 6.07) is 10.2. The summed E-state index contributed by atoms with van der Waals surface area (Å²) in [7, 11) is 1.59. The lowest BCUT2D eigenvalue weighted by molar-refractivity contribution is 0.0519. The summed E-state index contributed by atoms with van der Waals surface area (Å²) in [5.41, 5.74) is 0.942. The number of aromatic nitrogens is 1. The number of halogens is 1. The third-order valence-electron chi connectivity index (χ3n) is 2.43. The lowest BCUT2D eigenvalue weighted by Gasteiger charge is -2.00. The number of carbonyl (C=O) groups excluding carboxylic acids is 1. The van der Waals surface area contributed by atoms with Crippen LogP contribution >= 0.6 is 11.6 Å². The number of pyridine rings is 1. The largest absolute Gasteiger partial charge is 0.497 e. The van der Waals surface area contributed by atoms with Crippen molar-refractivity contribution >= 4 is 23.8 Å². The molecule has 0 unspecified atom stereocenters. The van der Waals surface area contributed by atoms with Crippen molar-refractivity contribution in [3.05, 3.63) is 58.9 Å². The maximum Gasteiger partial charge on any atom is 0.368 e. The van der Waals surface area contributed by atoms with Gasteiger partial charge in [0, 0.05) is 6.20 Å². The smallest absolute Gasteiger partial charge is 0.368 e. The zero-order valence-corrected chi connectivity index (χ0v) is 11.4. The van der Waals surface area contributed by atoms with Crippen molar-refractivity contribution in [2.24, 2.45) is 5.16 Å². The Morgan fingerprint density at radius 3 is 2.70 bits per heavy atom. The third-order valence-corrected chi connectivity index (χ3v) is 2.73. The van der Waals surface area contributed by atoms with Gasteiger partial charge in [-0.1, -0.05) is 16.8 Å². The van der Waals surface area contributed by atoms with E-state index >= 15 is 0 Å². The monoisotopic (exact) mass is 290 g/mol. The van der Waals surface area contributed by atoms with Gasteiger partial charge in [-0.15, -0.1) is 0 Å². The molecule has 2 rings (SSSR count). The first-order chi connectivity index (χ1) is 9.70. The molecule has 0 saturated heterocycles. The molecule has 0 N–H and O–H groups in total. The molecule has 102 valence electrons. The van der Waals surface area contributed by atoms with Crippen LogP contribution in [-0.4, -0.2) is 24.3 Å². The summed E-state index contributed by atoms with van der Waals surface area (Å²) in [5, 5.41) is 3.69. The molecule has 0 aliphatic heterocycles. The minimum Gasteiger partial charge on any atom is -0.497 e. The highest BCUT2D eigenvalue weighted by Crippen LogP contribution is 2.13. The van der Waals surface area contributed by atoms with E-state index in [1.807, 2.05) is 0 Å². The van der Waals surface area contributed by atoms with Crippen LogP contribution in [0.25, 0.3) is 0 Å². The number of hydrogen-bond donors (Lipinski definition) is 0. The van der Waals surface area contributed by atoms with Gasteiger partial charge in [0.05, 0.1) is 18.9 Å². The van der Waals surface area contributed by atoms with E-state index in [1.165, 1.54) is 18.5 Å². The second-order valence-corrected chi connectivity index (χ2v) is 4.09. The first-order valence-electron chi connectivity index (χ1n) is 5.70. The van der Waals surface area contributed by atoms with E-state index in [0.717, 1.165) is 11.3 Å². The summed E-state index contributed by atoms with van der Waals surface area (Å²) in [6.07, 6.45) is 2.90. The Morgan fingerprint density at radius 2 is 2.05 bits per heavy atom. The van der Waals surface area contributed by atoms with Gasteiger partial charge in [0.15, 0.2) is 0 Å². The second-order valence-electron chi connectivity index (χ2n) is 3.73. The van der Waals surface area contributed by atoms with Crippen LogP contribution in [0.3, 0.4) is 0 Å². The van der Waals surface area contributed by atoms with Crippen LogP contribution in [0.15, 0.2) is 47.8 Å².